The van der Waals surface area contributed by atoms with Gasteiger partial charge in [0.05, 0.1) is 0 Å². The zero-order chi connectivity index (χ0) is 17.8. The van der Waals surface area contributed by atoms with Crippen molar-refractivity contribution in [2.24, 2.45) is 0 Å². The van der Waals surface area contributed by atoms with Crippen LogP contribution < -0.4 is 16.0 Å². The van der Waals surface area contributed by atoms with Gasteiger partial charge in [-0.3, -0.25) is 0 Å². The minimum absolute atomic E-state index is 0.0987. The van der Waals surface area contributed by atoms with E-state index < -0.39 is 0 Å². The third-order valence-corrected chi connectivity index (χ3v) is 5.44. The van der Waals surface area contributed by atoms with Crippen molar-refractivity contribution in [3.05, 3.63) is 29.8 Å². The number of anilines is 1. The maximum atomic E-state index is 11.8. The first-order valence-electron chi connectivity index (χ1n) is 9.61. The zero-order valence-corrected chi connectivity index (χ0v) is 15.7. The zero-order valence-electron chi connectivity index (χ0n) is 15.7. The number of hydrogen-bond acceptors (Lipinski definition) is 3. The van der Waals surface area contributed by atoms with E-state index in [4.69, 9.17) is 0 Å². The summed E-state index contributed by atoms with van der Waals surface area (Å²) < 4.78 is 0. The number of carbonyl (C=O) groups is 1. The van der Waals surface area contributed by atoms with E-state index >= 15 is 0 Å². The predicted molar refractivity (Wildman–Crippen MR) is 103 cm³/mol. The Morgan fingerprint density at radius 1 is 1.08 bits per heavy atom. The summed E-state index contributed by atoms with van der Waals surface area (Å²) in [5.74, 6) is 0. The first kappa shape index (κ1) is 18.2. The largest absolute Gasteiger partial charge is 0.335 e. The molecule has 0 spiro atoms. The van der Waals surface area contributed by atoms with Crippen LogP contribution in [0.2, 0.25) is 0 Å². The molecular formula is C20H32N4O. The number of nitrogens with zero attached hydrogens (tertiary/aromatic N) is 1. The van der Waals surface area contributed by atoms with Crippen LogP contribution in [0.1, 0.15) is 57.1 Å². The molecule has 2 saturated carbocycles. The Morgan fingerprint density at radius 3 is 2.44 bits per heavy atom. The van der Waals surface area contributed by atoms with Crippen molar-refractivity contribution in [2.75, 3.05) is 19.4 Å². The topological polar surface area (TPSA) is 56.4 Å². The van der Waals surface area contributed by atoms with Crippen LogP contribution in [0.25, 0.3) is 0 Å². The molecule has 1 aromatic rings. The van der Waals surface area contributed by atoms with Crippen molar-refractivity contribution in [1.29, 1.82) is 0 Å². The van der Waals surface area contributed by atoms with E-state index in [2.05, 4.69) is 54.0 Å². The van der Waals surface area contributed by atoms with Gasteiger partial charge in [0.25, 0.3) is 0 Å². The van der Waals surface area contributed by atoms with Gasteiger partial charge >= 0.3 is 6.03 Å². The van der Waals surface area contributed by atoms with Crippen LogP contribution in [0.15, 0.2) is 24.3 Å². The Morgan fingerprint density at radius 2 is 1.80 bits per heavy atom. The third kappa shape index (κ3) is 5.44. The second-order valence-electron chi connectivity index (χ2n) is 7.86. The molecule has 2 amide bonds. The molecule has 0 heterocycles. The molecule has 0 saturated heterocycles. The smallest absolute Gasteiger partial charge is 0.319 e. The predicted octanol–water partition coefficient (Wildman–Crippen LogP) is 3.49. The number of rotatable bonds is 6. The van der Waals surface area contributed by atoms with Crippen molar-refractivity contribution in [1.82, 2.24) is 15.5 Å². The van der Waals surface area contributed by atoms with Crippen molar-refractivity contribution < 1.29 is 4.79 Å². The Kier molecular flexibility index (Phi) is 5.97. The van der Waals surface area contributed by atoms with Gasteiger partial charge in [-0.25, -0.2) is 4.79 Å². The lowest BCUT2D eigenvalue weighted by Gasteiger charge is -2.35. The normalized spacial score (nSPS) is 24.8. The fourth-order valence-corrected chi connectivity index (χ4v) is 3.67. The van der Waals surface area contributed by atoms with Gasteiger partial charge in [-0.15, -0.1) is 0 Å². The van der Waals surface area contributed by atoms with Gasteiger partial charge in [-0.2, -0.15) is 0 Å². The molecule has 3 N–H and O–H groups in total. The average Bonchev–Trinajstić information content (AvgIpc) is 3.39. The number of benzene rings is 1. The average molecular weight is 345 g/mol. The minimum atomic E-state index is -0.0987. The van der Waals surface area contributed by atoms with E-state index in [1.165, 1.54) is 31.2 Å². The molecule has 25 heavy (non-hydrogen) atoms. The summed E-state index contributed by atoms with van der Waals surface area (Å²) in [5.41, 5.74) is 2.11. The molecule has 3 atom stereocenters. The molecule has 5 heteroatoms. The first-order valence-corrected chi connectivity index (χ1v) is 9.61. The van der Waals surface area contributed by atoms with E-state index in [0.29, 0.717) is 24.2 Å². The molecule has 5 nitrogen and oxygen atoms in total. The minimum Gasteiger partial charge on any atom is -0.335 e. The number of carbonyl (C=O) groups excluding carboxylic acids is 1. The lowest BCUT2D eigenvalue weighted by molar-refractivity contribution is 0.193. The molecule has 2 aliphatic rings. The fourth-order valence-electron chi connectivity index (χ4n) is 3.67. The Balaban J connectivity index is 1.49. The molecule has 138 valence electrons. The van der Waals surface area contributed by atoms with E-state index in [1.807, 2.05) is 12.1 Å². The summed E-state index contributed by atoms with van der Waals surface area (Å²) in [6.07, 6.45) is 7.29. The van der Waals surface area contributed by atoms with Crippen molar-refractivity contribution >= 4 is 11.7 Å². The fraction of sp³-hybridized carbons (Fsp3) is 0.650. The maximum absolute atomic E-state index is 11.8. The first-order chi connectivity index (χ1) is 12.0. The summed E-state index contributed by atoms with van der Waals surface area (Å²) >= 11 is 0. The highest BCUT2D eigenvalue weighted by molar-refractivity contribution is 5.89. The monoisotopic (exact) mass is 344 g/mol. The van der Waals surface area contributed by atoms with Crippen LogP contribution in [0.3, 0.4) is 0 Å². The van der Waals surface area contributed by atoms with Crippen LogP contribution in [0, 0.1) is 0 Å². The molecule has 0 radical (unpaired) electrons. The van der Waals surface area contributed by atoms with E-state index in [9.17, 15) is 4.79 Å². The van der Waals surface area contributed by atoms with Crippen LogP contribution in [-0.4, -0.2) is 43.2 Å². The molecule has 0 aliphatic heterocycles. The highest BCUT2D eigenvalue weighted by Crippen LogP contribution is 2.25. The quantitative estimate of drug-likeness (QED) is 0.740. The van der Waals surface area contributed by atoms with Gasteiger partial charge in [-0.1, -0.05) is 18.6 Å². The molecule has 3 rings (SSSR count). The summed E-state index contributed by atoms with van der Waals surface area (Å²) in [4.78, 5) is 14.1. The third-order valence-electron chi connectivity index (χ3n) is 5.44. The molecule has 2 fully saturated rings. The summed E-state index contributed by atoms with van der Waals surface area (Å²) in [6, 6.07) is 10.1. The van der Waals surface area contributed by atoms with E-state index in [-0.39, 0.29) is 6.03 Å². The lowest BCUT2D eigenvalue weighted by Crippen LogP contribution is -2.42. The van der Waals surface area contributed by atoms with Crippen LogP contribution in [0.5, 0.6) is 0 Å². The molecule has 2 aliphatic carbocycles. The van der Waals surface area contributed by atoms with Crippen LogP contribution in [0.4, 0.5) is 10.5 Å². The SMILES string of the molecule is C[C@H](N[C@H]1CCC[C@H](N(C)C)C1)c1ccc(NC(=O)NC2CC2)cc1. The Labute approximate surface area is 151 Å². The van der Waals surface area contributed by atoms with Gasteiger partial charge in [0.2, 0.25) is 0 Å². The highest BCUT2D eigenvalue weighted by Gasteiger charge is 2.25. The summed E-state index contributed by atoms with van der Waals surface area (Å²) in [6.45, 7) is 2.22. The maximum Gasteiger partial charge on any atom is 0.319 e. The van der Waals surface area contributed by atoms with Gasteiger partial charge in [0.15, 0.2) is 0 Å². The molecular weight excluding hydrogens is 312 g/mol. The molecule has 0 bridgehead atoms. The van der Waals surface area contributed by atoms with Gasteiger partial charge in [0, 0.05) is 29.9 Å². The van der Waals surface area contributed by atoms with Crippen molar-refractivity contribution in [3.8, 4) is 0 Å². The lowest BCUT2D eigenvalue weighted by atomic mass is 9.89. The number of urea groups is 1. The van der Waals surface area contributed by atoms with Crippen LogP contribution in [-0.2, 0) is 0 Å². The number of amides is 2. The second kappa shape index (κ2) is 8.19. The second-order valence-corrected chi connectivity index (χ2v) is 7.86. The standard InChI is InChI=1S/C20H32N4O/c1-14(21-18-5-4-6-19(13-18)24(2)3)15-7-9-16(10-8-15)22-20(25)23-17-11-12-17/h7-10,14,17-19,21H,4-6,11-13H2,1-3H3,(H2,22,23,25)/t14-,18-,19-/m0/s1. The van der Waals surface area contributed by atoms with Gasteiger partial charge < -0.3 is 20.9 Å². The van der Waals surface area contributed by atoms with Crippen LogP contribution >= 0.6 is 0 Å². The van der Waals surface area contributed by atoms with Crippen molar-refractivity contribution in [2.45, 2.75) is 69.6 Å². The molecule has 0 unspecified atom stereocenters. The number of hydrogen-bond donors (Lipinski definition) is 3. The summed E-state index contributed by atoms with van der Waals surface area (Å²) in [5, 5.41) is 9.63. The molecule has 1 aromatic carbocycles. The van der Waals surface area contributed by atoms with E-state index in [1.54, 1.807) is 0 Å². The van der Waals surface area contributed by atoms with E-state index in [0.717, 1.165) is 18.5 Å². The summed E-state index contributed by atoms with van der Waals surface area (Å²) in [7, 11) is 4.36. The highest BCUT2D eigenvalue weighted by atomic mass is 16.2. The van der Waals surface area contributed by atoms with Crippen molar-refractivity contribution in [3.63, 3.8) is 0 Å². The van der Waals surface area contributed by atoms with Gasteiger partial charge in [-0.05, 0) is 70.8 Å². The number of nitrogens with one attached hydrogen (secondary N) is 3. The molecule has 0 aromatic heterocycles. The Bertz CT molecular complexity index is 568. The van der Waals surface area contributed by atoms with Gasteiger partial charge in [0.1, 0.15) is 0 Å². The Hall–Kier alpha value is -1.59.